The Balaban J connectivity index is 1.62. The second kappa shape index (κ2) is 8.67. The summed E-state index contributed by atoms with van der Waals surface area (Å²) in [6.07, 6.45) is 0. The van der Waals surface area contributed by atoms with E-state index in [9.17, 15) is 9.90 Å². The van der Waals surface area contributed by atoms with Crippen LogP contribution < -0.4 is 4.74 Å². The minimum absolute atomic E-state index is 0.0628. The predicted molar refractivity (Wildman–Crippen MR) is 115 cm³/mol. The maximum Gasteiger partial charge on any atom is 0.343 e. The van der Waals surface area contributed by atoms with Gasteiger partial charge >= 0.3 is 5.97 Å². The Hall–Kier alpha value is -3.50. The summed E-state index contributed by atoms with van der Waals surface area (Å²) in [5.41, 5.74) is 0.432. The minimum Gasteiger partial charge on any atom is -0.504 e. The molecule has 0 aliphatic rings. The number of benzene rings is 4. The first-order chi connectivity index (χ1) is 14.2. The van der Waals surface area contributed by atoms with Crippen LogP contribution in [0.4, 0.5) is 0 Å². The van der Waals surface area contributed by atoms with E-state index in [0.717, 1.165) is 4.90 Å². The zero-order valence-electron chi connectivity index (χ0n) is 15.6. The first-order valence-electron chi connectivity index (χ1n) is 9.17. The van der Waals surface area contributed by atoms with Crippen molar-refractivity contribution in [3.8, 4) is 11.5 Å². The average molecular weight is 399 g/mol. The van der Waals surface area contributed by atoms with Gasteiger partial charge in [0, 0.05) is 0 Å². The van der Waals surface area contributed by atoms with Crippen molar-refractivity contribution < 1.29 is 14.6 Å². The fraction of sp³-hybridized carbons (Fsp3) is 0. The molecule has 29 heavy (non-hydrogen) atoms. The van der Waals surface area contributed by atoms with Crippen molar-refractivity contribution in [2.45, 2.75) is 14.7 Å². The third-order valence-corrected chi connectivity index (χ3v) is 6.58. The molecule has 0 spiro atoms. The molecule has 4 rings (SSSR count). The smallest absolute Gasteiger partial charge is 0.343 e. The van der Waals surface area contributed by atoms with Gasteiger partial charge in [-0.25, -0.2) is 4.79 Å². The number of ether oxygens (including phenoxy) is 1. The van der Waals surface area contributed by atoms with Crippen LogP contribution in [-0.2, 0) is 10.9 Å². The Labute approximate surface area is 172 Å². The third kappa shape index (κ3) is 4.33. The molecule has 0 radical (unpaired) electrons. The van der Waals surface area contributed by atoms with Crippen LogP contribution in [0.1, 0.15) is 10.4 Å². The quantitative estimate of drug-likeness (QED) is 0.266. The van der Waals surface area contributed by atoms with Gasteiger partial charge in [0.2, 0.25) is 0 Å². The molecule has 0 aromatic heterocycles. The Morgan fingerprint density at radius 2 is 1.10 bits per heavy atom. The van der Waals surface area contributed by atoms with E-state index in [-0.39, 0.29) is 22.4 Å². The Morgan fingerprint density at radius 1 is 0.621 bits per heavy atom. The Morgan fingerprint density at radius 3 is 1.66 bits per heavy atom. The van der Waals surface area contributed by atoms with Gasteiger partial charge in [0.15, 0.2) is 26.2 Å². The molecule has 0 heterocycles. The molecule has 0 fully saturated rings. The molecule has 4 aromatic rings. The predicted octanol–water partition coefficient (Wildman–Crippen LogP) is 5.71. The summed E-state index contributed by atoms with van der Waals surface area (Å²) in [5.74, 6) is -0.417. The van der Waals surface area contributed by atoms with Gasteiger partial charge in [0.25, 0.3) is 0 Å². The normalized spacial score (nSPS) is 10.7. The highest BCUT2D eigenvalue weighted by Crippen LogP contribution is 2.31. The van der Waals surface area contributed by atoms with Crippen molar-refractivity contribution in [1.29, 1.82) is 0 Å². The molecule has 0 bridgehead atoms. The number of esters is 1. The van der Waals surface area contributed by atoms with Gasteiger partial charge in [-0.2, -0.15) is 0 Å². The molecule has 4 aromatic carbocycles. The van der Waals surface area contributed by atoms with Crippen molar-refractivity contribution in [1.82, 2.24) is 0 Å². The molecule has 3 nitrogen and oxygen atoms in total. The molecular formula is C25H19O3S+. The summed E-state index contributed by atoms with van der Waals surface area (Å²) in [6.45, 7) is 0. The molecule has 142 valence electrons. The zero-order chi connectivity index (χ0) is 20.1. The summed E-state index contributed by atoms with van der Waals surface area (Å²) in [4.78, 5) is 16.0. The van der Waals surface area contributed by atoms with E-state index in [1.165, 1.54) is 15.9 Å². The number of carbonyl (C=O) groups is 1. The molecule has 0 unspecified atom stereocenters. The van der Waals surface area contributed by atoms with Crippen LogP contribution in [0.15, 0.2) is 124 Å². The van der Waals surface area contributed by atoms with Crippen LogP contribution >= 0.6 is 0 Å². The first kappa shape index (κ1) is 18.8. The van der Waals surface area contributed by atoms with E-state index in [4.69, 9.17) is 4.74 Å². The molecule has 0 aliphatic carbocycles. The number of phenols is 1. The van der Waals surface area contributed by atoms with Crippen molar-refractivity contribution in [2.75, 3.05) is 0 Å². The lowest BCUT2D eigenvalue weighted by Crippen LogP contribution is -2.09. The molecular weight excluding hydrogens is 380 g/mol. The average Bonchev–Trinajstić information content (AvgIpc) is 2.77. The largest absolute Gasteiger partial charge is 0.504 e. The van der Waals surface area contributed by atoms with Crippen LogP contribution in [0.3, 0.4) is 0 Å². The standard InChI is InChI=1S/C25H18O3S/c26-23-13-7-8-14-24(23)28-25(27)19-15-17-22(18-16-19)29(20-9-3-1-4-10-20)21-11-5-2-6-12-21/h1-18H/p+1. The van der Waals surface area contributed by atoms with Gasteiger partial charge in [-0.3, -0.25) is 0 Å². The van der Waals surface area contributed by atoms with Crippen molar-refractivity contribution in [2.24, 2.45) is 0 Å². The SMILES string of the molecule is O=C(Oc1ccccc1O)c1ccc([S+](c2ccccc2)c2ccccc2)cc1. The fourth-order valence-electron chi connectivity index (χ4n) is 2.95. The number of phenolic OH excluding ortho intramolecular Hbond substituents is 1. The minimum atomic E-state index is -0.502. The monoisotopic (exact) mass is 399 g/mol. The first-order valence-corrected chi connectivity index (χ1v) is 10.4. The fourth-order valence-corrected chi connectivity index (χ4v) is 5.03. The van der Waals surface area contributed by atoms with Gasteiger partial charge in [-0.15, -0.1) is 0 Å². The number of hydrogen-bond donors (Lipinski definition) is 1. The molecule has 0 aliphatic heterocycles. The summed E-state index contributed by atoms with van der Waals surface area (Å²) >= 11 is 0. The second-order valence-corrected chi connectivity index (χ2v) is 8.34. The van der Waals surface area contributed by atoms with Gasteiger partial charge < -0.3 is 9.84 Å². The number of aromatic hydroxyl groups is 1. The van der Waals surface area contributed by atoms with Crippen LogP contribution in [0.2, 0.25) is 0 Å². The highest BCUT2D eigenvalue weighted by Gasteiger charge is 2.28. The lowest BCUT2D eigenvalue weighted by Gasteiger charge is -2.09. The van der Waals surface area contributed by atoms with E-state index in [1.54, 1.807) is 30.3 Å². The van der Waals surface area contributed by atoms with Gasteiger partial charge in [-0.1, -0.05) is 48.5 Å². The van der Waals surface area contributed by atoms with Crippen molar-refractivity contribution >= 4 is 16.9 Å². The van der Waals surface area contributed by atoms with E-state index in [1.807, 2.05) is 48.5 Å². The number of carbonyl (C=O) groups excluding carboxylic acids is 1. The number of rotatable bonds is 5. The van der Waals surface area contributed by atoms with Gasteiger partial charge in [0.05, 0.1) is 16.5 Å². The molecule has 0 amide bonds. The van der Waals surface area contributed by atoms with Crippen LogP contribution in [0.5, 0.6) is 11.5 Å². The second-order valence-electron chi connectivity index (χ2n) is 6.31. The molecule has 0 saturated heterocycles. The lowest BCUT2D eigenvalue weighted by atomic mass is 10.2. The lowest BCUT2D eigenvalue weighted by molar-refractivity contribution is 0.0729. The van der Waals surface area contributed by atoms with Crippen molar-refractivity contribution in [3.05, 3.63) is 115 Å². The maximum atomic E-state index is 12.5. The van der Waals surface area contributed by atoms with Gasteiger partial charge in [0.1, 0.15) is 0 Å². The molecule has 1 N–H and O–H groups in total. The van der Waals surface area contributed by atoms with Crippen LogP contribution in [0.25, 0.3) is 0 Å². The maximum absolute atomic E-state index is 12.5. The summed E-state index contributed by atoms with van der Waals surface area (Å²) < 4.78 is 5.31. The van der Waals surface area contributed by atoms with E-state index >= 15 is 0 Å². The third-order valence-electron chi connectivity index (χ3n) is 4.35. The zero-order valence-corrected chi connectivity index (χ0v) is 16.4. The Bertz CT molecular complexity index is 1050. The van der Waals surface area contributed by atoms with Crippen molar-refractivity contribution in [3.63, 3.8) is 0 Å². The highest BCUT2D eigenvalue weighted by atomic mass is 32.2. The summed E-state index contributed by atoms with van der Waals surface area (Å²) in [7, 11) is -0.270. The van der Waals surface area contributed by atoms with E-state index in [0.29, 0.717) is 5.56 Å². The van der Waals surface area contributed by atoms with Crippen LogP contribution in [0, 0.1) is 0 Å². The summed E-state index contributed by atoms with van der Waals surface area (Å²) in [6, 6.07) is 34.5. The van der Waals surface area contributed by atoms with E-state index < -0.39 is 5.97 Å². The summed E-state index contributed by atoms with van der Waals surface area (Å²) in [5, 5.41) is 9.80. The number of para-hydroxylation sites is 2. The molecule has 0 atom stereocenters. The topological polar surface area (TPSA) is 46.5 Å². The molecule has 4 heteroatoms. The number of hydrogen-bond acceptors (Lipinski definition) is 3. The highest BCUT2D eigenvalue weighted by molar-refractivity contribution is 7.97. The van der Waals surface area contributed by atoms with Crippen LogP contribution in [-0.4, -0.2) is 11.1 Å². The Kier molecular flexibility index (Phi) is 5.63. The van der Waals surface area contributed by atoms with E-state index in [2.05, 4.69) is 24.3 Å². The van der Waals surface area contributed by atoms with Gasteiger partial charge in [-0.05, 0) is 60.7 Å². The molecule has 0 saturated carbocycles.